The number of rotatable bonds is 7. The Morgan fingerprint density at radius 1 is 1.19 bits per heavy atom. The van der Waals surface area contributed by atoms with Crippen LogP contribution in [0.15, 0.2) is 52.4 Å². The topological polar surface area (TPSA) is 132 Å². The van der Waals surface area contributed by atoms with Crippen LogP contribution in [0.2, 0.25) is 0 Å². The van der Waals surface area contributed by atoms with Crippen LogP contribution in [-0.4, -0.2) is 43.0 Å². The number of anilines is 1. The zero-order valence-corrected chi connectivity index (χ0v) is 19.4. The van der Waals surface area contributed by atoms with E-state index >= 15 is 0 Å². The highest BCUT2D eigenvalue weighted by atomic mass is 19.4. The first-order chi connectivity index (χ1) is 17.7. The normalized spacial score (nSPS) is 19.2. The number of hydrogen-bond acceptors (Lipinski definition) is 6. The van der Waals surface area contributed by atoms with Gasteiger partial charge in [0.15, 0.2) is 5.65 Å². The van der Waals surface area contributed by atoms with Crippen molar-refractivity contribution < 1.29 is 13.2 Å². The van der Waals surface area contributed by atoms with E-state index in [1.807, 2.05) is 6.07 Å². The molecule has 0 radical (unpaired) electrons. The van der Waals surface area contributed by atoms with Crippen molar-refractivity contribution in [3.05, 3.63) is 80.4 Å². The Balaban J connectivity index is 1.35. The van der Waals surface area contributed by atoms with Gasteiger partial charge in [-0.3, -0.25) is 9.78 Å². The maximum Gasteiger partial charge on any atom is 0.405 e. The first-order valence-corrected chi connectivity index (χ1v) is 11.9. The van der Waals surface area contributed by atoms with E-state index in [2.05, 4.69) is 25.4 Å². The van der Waals surface area contributed by atoms with Gasteiger partial charge in [0.1, 0.15) is 6.54 Å². The number of hydrogen-bond donors (Lipinski definition) is 4. The number of benzene rings is 1. The van der Waals surface area contributed by atoms with Crippen molar-refractivity contribution in [2.75, 3.05) is 11.9 Å². The number of imidazole rings is 1. The van der Waals surface area contributed by atoms with Gasteiger partial charge in [0.2, 0.25) is 0 Å². The Hall–Kier alpha value is -4.22. The SMILES string of the molecule is N=C(c1ccc([C@H]2C[C@@H]2c2cc(-c3c[nH]c(=O)[nH]c3=O)nn3ccnc23)cc1NCC(F)(F)F)C1CC1. The van der Waals surface area contributed by atoms with Crippen LogP contribution in [0.25, 0.3) is 16.9 Å². The molecule has 3 aromatic heterocycles. The summed E-state index contributed by atoms with van der Waals surface area (Å²) in [6.45, 7) is -1.17. The molecule has 190 valence electrons. The number of aromatic amines is 2. The molecule has 37 heavy (non-hydrogen) atoms. The van der Waals surface area contributed by atoms with Crippen molar-refractivity contribution in [1.82, 2.24) is 24.6 Å². The molecule has 12 heteroatoms. The van der Waals surface area contributed by atoms with Gasteiger partial charge in [-0.15, -0.1) is 0 Å². The molecule has 6 rings (SSSR count). The lowest BCUT2D eigenvalue weighted by Gasteiger charge is -2.16. The van der Waals surface area contributed by atoms with E-state index in [9.17, 15) is 22.8 Å². The average molecular weight is 509 g/mol. The van der Waals surface area contributed by atoms with E-state index in [1.165, 1.54) is 6.20 Å². The van der Waals surface area contributed by atoms with Crippen LogP contribution in [0, 0.1) is 11.3 Å². The molecule has 3 heterocycles. The highest BCUT2D eigenvalue weighted by molar-refractivity contribution is 6.05. The largest absolute Gasteiger partial charge is 0.405 e. The molecule has 4 aromatic rings. The lowest BCUT2D eigenvalue weighted by atomic mass is 9.98. The summed E-state index contributed by atoms with van der Waals surface area (Å²) in [5.41, 5.74) is 2.92. The van der Waals surface area contributed by atoms with Gasteiger partial charge in [0.05, 0.1) is 11.3 Å². The summed E-state index contributed by atoms with van der Waals surface area (Å²) in [6, 6.07) is 7.12. The lowest BCUT2D eigenvalue weighted by molar-refractivity contribution is -0.115. The molecular formula is C25H22F3N7O2. The summed E-state index contributed by atoms with van der Waals surface area (Å²) in [7, 11) is 0. The zero-order valence-electron chi connectivity index (χ0n) is 19.4. The van der Waals surface area contributed by atoms with Crippen LogP contribution in [0.4, 0.5) is 18.9 Å². The van der Waals surface area contributed by atoms with Crippen molar-refractivity contribution in [3.8, 4) is 11.3 Å². The fraction of sp³-hybridized carbons (Fsp3) is 0.320. The van der Waals surface area contributed by atoms with E-state index in [1.54, 1.807) is 35.1 Å². The van der Waals surface area contributed by atoms with Crippen LogP contribution in [0.5, 0.6) is 0 Å². The number of nitrogens with one attached hydrogen (secondary N) is 4. The number of halogens is 3. The third-order valence-corrected chi connectivity index (χ3v) is 6.90. The van der Waals surface area contributed by atoms with E-state index in [0.29, 0.717) is 28.3 Å². The fourth-order valence-corrected chi connectivity index (χ4v) is 4.81. The van der Waals surface area contributed by atoms with E-state index in [-0.39, 0.29) is 23.3 Å². The van der Waals surface area contributed by atoms with E-state index < -0.39 is 24.0 Å². The van der Waals surface area contributed by atoms with Crippen LogP contribution < -0.4 is 16.6 Å². The highest BCUT2D eigenvalue weighted by Gasteiger charge is 2.42. The predicted molar refractivity (Wildman–Crippen MR) is 130 cm³/mol. The van der Waals surface area contributed by atoms with Crippen LogP contribution in [-0.2, 0) is 0 Å². The minimum absolute atomic E-state index is 0.0118. The molecule has 2 aliphatic rings. The molecule has 2 fully saturated rings. The summed E-state index contributed by atoms with van der Waals surface area (Å²) < 4.78 is 40.5. The standard InChI is InChI=1S/C25H22F3N7O2/c26-25(27,28)11-32-19-7-13(3-4-14(19)21(29)12-1-2-12)15-8-16(15)17-9-20(34-35-6-5-30-22(17)35)18-10-31-24(37)33-23(18)36/h3-7,9-10,12,15-16,29,32H,1-2,8,11H2,(H2,31,33,36,37)/t15-,16+/m1/s1. The number of alkyl halides is 3. The molecule has 4 N–H and O–H groups in total. The summed E-state index contributed by atoms with van der Waals surface area (Å²) in [4.78, 5) is 32.9. The monoisotopic (exact) mass is 509 g/mol. The molecule has 0 bridgehead atoms. The van der Waals surface area contributed by atoms with Gasteiger partial charge in [0, 0.05) is 47.0 Å². The molecule has 0 saturated heterocycles. The number of aromatic nitrogens is 5. The molecule has 1 aromatic carbocycles. The molecule has 0 spiro atoms. The molecule has 9 nitrogen and oxygen atoms in total. The van der Waals surface area contributed by atoms with Gasteiger partial charge in [-0.2, -0.15) is 18.3 Å². The Kier molecular flexibility index (Phi) is 5.28. The average Bonchev–Trinajstić information content (AvgIpc) is 3.78. The van der Waals surface area contributed by atoms with Crippen molar-refractivity contribution in [3.63, 3.8) is 0 Å². The zero-order chi connectivity index (χ0) is 25.9. The van der Waals surface area contributed by atoms with Crippen LogP contribution in [0.1, 0.15) is 47.8 Å². The third-order valence-electron chi connectivity index (χ3n) is 6.90. The van der Waals surface area contributed by atoms with Crippen molar-refractivity contribution in [1.29, 1.82) is 5.41 Å². The minimum Gasteiger partial charge on any atom is -0.376 e. The number of nitrogens with zero attached hydrogens (tertiary/aromatic N) is 3. The van der Waals surface area contributed by atoms with Gasteiger partial charge in [0.25, 0.3) is 5.56 Å². The van der Waals surface area contributed by atoms with Gasteiger partial charge < -0.3 is 15.7 Å². The summed E-state index contributed by atoms with van der Waals surface area (Å²) in [6.07, 6.45) is 2.70. The van der Waals surface area contributed by atoms with Crippen molar-refractivity contribution >= 4 is 17.0 Å². The summed E-state index contributed by atoms with van der Waals surface area (Å²) >= 11 is 0. The summed E-state index contributed by atoms with van der Waals surface area (Å²) in [5.74, 6) is 0.143. The van der Waals surface area contributed by atoms with Gasteiger partial charge in [-0.05, 0) is 48.8 Å². The Labute approximate surface area is 207 Å². The first kappa shape index (κ1) is 23.2. The Bertz CT molecular complexity index is 1650. The van der Waals surface area contributed by atoms with Gasteiger partial charge in [-0.25, -0.2) is 14.3 Å². The van der Waals surface area contributed by atoms with E-state index in [4.69, 9.17) is 5.41 Å². The predicted octanol–water partition coefficient (Wildman–Crippen LogP) is 3.80. The fourth-order valence-electron chi connectivity index (χ4n) is 4.81. The second-order valence-corrected chi connectivity index (χ2v) is 9.58. The molecule has 2 aliphatic carbocycles. The van der Waals surface area contributed by atoms with E-state index in [0.717, 1.165) is 30.4 Å². The maximum atomic E-state index is 13.0. The van der Waals surface area contributed by atoms with Crippen LogP contribution in [0.3, 0.4) is 0 Å². The third kappa shape index (κ3) is 4.54. The molecule has 0 amide bonds. The number of H-pyrrole nitrogens is 2. The lowest BCUT2D eigenvalue weighted by Crippen LogP contribution is -2.23. The van der Waals surface area contributed by atoms with Gasteiger partial charge in [-0.1, -0.05) is 12.1 Å². The molecule has 0 unspecified atom stereocenters. The first-order valence-electron chi connectivity index (χ1n) is 11.9. The molecule has 2 atom stereocenters. The Morgan fingerprint density at radius 3 is 2.73 bits per heavy atom. The minimum atomic E-state index is -4.38. The second-order valence-electron chi connectivity index (χ2n) is 9.58. The smallest absolute Gasteiger partial charge is 0.376 e. The van der Waals surface area contributed by atoms with Gasteiger partial charge >= 0.3 is 11.9 Å². The number of fused-ring (bicyclic) bond motifs is 1. The highest BCUT2D eigenvalue weighted by Crippen LogP contribution is 2.56. The molecular weight excluding hydrogens is 487 g/mol. The summed E-state index contributed by atoms with van der Waals surface area (Å²) in [5, 5.41) is 15.4. The van der Waals surface area contributed by atoms with Crippen molar-refractivity contribution in [2.24, 2.45) is 5.92 Å². The molecule has 0 aliphatic heterocycles. The Morgan fingerprint density at radius 2 is 2.00 bits per heavy atom. The molecule has 2 saturated carbocycles. The van der Waals surface area contributed by atoms with Crippen molar-refractivity contribution in [2.45, 2.75) is 37.3 Å². The maximum absolute atomic E-state index is 13.0. The second kappa shape index (κ2) is 8.43. The quantitative estimate of drug-likeness (QED) is 0.282. The van der Waals surface area contributed by atoms with Crippen LogP contribution >= 0.6 is 0 Å².